The number of oxazole rings is 1. The predicted octanol–water partition coefficient (Wildman–Crippen LogP) is 3.29. The number of rotatable bonds is 7. The predicted molar refractivity (Wildman–Crippen MR) is 126 cm³/mol. The minimum absolute atomic E-state index is 0.199. The number of nitrogens with zero attached hydrogens (tertiary/aromatic N) is 6. The molecule has 2 aromatic carbocycles. The molecule has 0 aliphatic rings. The number of aryl methyl sites for hydroxylation is 1. The highest BCUT2D eigenvalue weighted by atomic mass is 16.5. The van der Waals surface area contributed by atoms with Crippen molar-refractivity contribution < 1.29 is 13.9 Å². The summed E-state index contributed by atoms with van der Waals surface area (Å²) in [5.41, 5.74) is 12.2. The van der Waals surface area contributed by atoms with Gasteiger partial charge in [-0.1, -0.05) is 18.2 Å². The molecule has 5 rings (SSSR count). The zero-order valence-electron chi connectivity index (χ0n) is 18.3. The Bertz CT molecular complexity index is 1440. The van der Waals surface area contributed by atoms with Crippen LogP contribution < -0.4 is 20.9 Å². The molecule has 0 spiro atoms. The number of methoxy groups -OCH3 is 1. The number of hydrogen-bond donors (Lipinski definition) is 2. The Morgan fingerprint density at radius 3 is 2.59 bits per heavy atom. The highest BCUT2D eigenvalue weighted by molar-refractivity contribution is 5.92. The average molecular weight is 456 g/mol. The first-order chi connectivity index (χ1) is 16.5. The third kappa shape index (κ3) is 3.86. The number of primary amides is 1. The van der Waals surface area contributed by atoms with Crippen molar-refractivity contribution in [1.82, 2.24) is 24.7 Å². The van der Waals surface area contributed by atoms with E-state index in [9.17, 15) is 4.79 Å². The fraction of sp³-hybridized carbons (Fsp3) is 0.0870. The van der Waals surface area contributed by atoms with Crippen molar-refractivity contribution in [2.24, 2.45) is 12.8 Å². The Labute approximate surface area is 193 Å². The molecular weight excluding hydrogens is 436 g/mol. The fourth-order valence-corrected chi connectivity index (χ4v) is 3.44. The van der Waals surface area contributed by atoms with Gasteiger partial charge in [-0.25, -0.2) is 20.0 Å². The number of nitrogens with one attached hydrogen (secondary N) is 1. The van der Waals surface area contributed by atoms with Crippen LogP contribution in [-0.2, 0) is 7.05 Å². The largest absolute Gasteiger partial charge is 0.494 e. The molecule has 34 heavy (non-hydrogen) atoms. The number of hydrogen-bond acceptors (Lipinski definition) is 9. The Balaban J connectivity index is 1.57. The molecule has 0 aliphatic heterocycles. The van der Waals surface area contributed by atoms with Crippen molar-refractivity contribution in [2.45, 2.75) is 0 Å². The Kier molecular flexibility index (Phi) is 5.26. The Hall–Kier alpha value is -4.93. The second-order valence-corrected chi connectivity index (χ2v) is 7.33. The number of fused-ring (bicyclic) bond motifs is 1. The first-order valence-corrected chi connectivity index (χ1v) is 10.2. The molecule has 11 nitrogen and oxygen atoms in total. The summed E-state index contributed by atoms with van der Waals surface area (Å²) in [4.78, 5) is 24.6. The van der Waals surface area contributed by atoms with E-state index < -0.39 is 5.91 Å². The number of benzene rings is 2. The van der Waals surface area contributed by atoms with Gasteiger partial charge >= 0.3 is 0 Å². The van der Waals surface area contributed by atoms with Crippen LogP contribution in [0.4, 0.5) is 17.3 Å². The van der Waals surface area contributed by atoms with Gasteiger partial charge in [-0.3, -0.25) is 14.9 Å². The number of anilines is 3. The summed E-state index contributed by atoms with van der Waals surface area (Å²) in [5, 5.41) is 5.85. The number of para-hydroxylation sites is 3. The summed E-state index contributed by atoms with van der Waals surface area (Å²) in [6.07, 6.45) is 6.16. The third-order valence-corrected chi connectivity index (χ3v) is 5.05. The van der Waals surface area contributed by atoms with Crippen LogP contribution in [0.1, 0.15) is 10.4 Å². The molecule has 1 amide bonds. The van der Waals surface area contributed by atoms with E-state index >= 15 is 0 Å². The molecule has 0 atom stereocenters. The maximum Gasteiger partial charge on any atom is 0.251 e. The van der Waals surface area contributed by atoms with Crippen LogP contribution >= 0.6 is 0 Å². The Morgan fingerprint density at radius 1 is 1.12 bits per heavy atom. The molecule has 11 heteroatoms. The van der Waals surface area contributed by atoms with Crippen LogP contribution in [0.3, 0.4) is 0 Å². The fourth-order valence-electron chi connectivity index (χ4n) is 3.44. The first-order valence-electron chi connectivity index (χ1n) is 10.2. The summed E-state index contributed by atoms with van der Waals surface area (Å²) < 4.78 is 13.3. The molecule has 0 fully saturated rings. The quantitative estimate of drug-likeness (QED) is 0.353. The average Bonchev–Trinajstić information content (AvgIpc) is 3.48. The summed E-state index contributed by atoms with van der Waals surface area (Å²) >= 11 is 0. The van der Waals surface area contributed by atoms with Crippen LogP contribution in [0.25, 0.3) is 22.6 Å². The van der Waals surface area contributed by atoms with Crippen molar-refractivity contribution in [3.63, 3.8) is 0 Å². The number of hydrazine groups is 1. The van der Waals surface area contributed by atoms with Gasteiger partial charge in [-0.05, 0) is 24.3 Å². The molecule has 3 N–H and O–H groups in total. The molecule has 0 aliphatic carbocycles. The molecule has 0 unspecified atom stereocenters. The van der Waals surface area contributed by atoms with Crippen molar-refractivity contribution in [3.8, 4) is 17.2 Å². The lowest BCUT2D eigenvalue weighted by atomic mass is 10.1. The normalized spacial score (nSPS) is 10.9. The van der Waals surface area contributed by atoms with E-state index in [-0.39, 0.29) is 11.5 Å². The van der Waals surface area contributed by atoms with Crippen LogP contribution in [0.2, 0.25) is 0 Å². The van der Waals surface area contributed by atoms with Gasteiger partial charge in [-0.2, -0.15) is 5.10 Å². The van der Waals surface area contributed by atoms with E-state index in [1.807, 2.05) is 42.5 Å². The maximum absolute atomic E-state index is 11.4. The smallest absolute Gasteiger partial charge is 0.251 e. The summed E-state index contributed by atoms with van der Waals surface area (Å²) in [6.45, 7) is 0. The molecule has 0 saturated carbocycles. The van der Waals surface area contributed by atoms with E-state index in [0.29, 0.717) is 34.2 Å². The standard InChI is InChI=1S/C23H20N8O3/c1-30-13-15(12-27-30)31(23-25-10-14(11-26-23)21(24)32)29-18-8-5-6-16(20(18)33-2)22-28-17-7-3-4-9-19(17)34-22/h3-13,29H,1-2H3,(H2,24,32). The van der Waals surface area contributed by atoms with E-state index in [0.717, 1.165) is 5.52 Å². The minimum Gasteiger partial charge on any atom is -0.494 e. The van der Waals surface area contributed by atoms with Gasteiger partial charge in [0.1, 0.15) is 11.2 Å². The maximum atomic E-state index is 11.4. The number of aromatic nitrogens is 5. The summed E-state index contributed by atoms with van der Waals surface area (Å²) in [5.74, 6) is 0.598. The van der Waals surface area contributed by atoms with Crippen molar-refractivity contribution in [2.75, 3.05) is 17.5 Å². The highest BCUT2D eigenvalue weighted by Gasteiger charge is 2.21. The van der Waals surface area contributed by atoms with Crippen molar-refractivity contribution in [3.05, 3.63) is 72.8 Å². The first kappa shape index (κ1) is 20.9. The molecule has 3 aromatic heterocycles. The lowest BCUT2D eigenvalue weighted by molar-refractivity contribution is 0.0999. The van der Waals surface area contributed by atoms with Crippen LogP contribution in [0.5, 0.6) is 5.75 Å². The van der Waals surface area contributed by atoms with Crippen LogP contribution in [0.15, 0.2) is 71.7 Å². The van der Waals surface area contributed by atoms with Gasteiger partial charge in [0.05, 0.1) is 36.3 Å². The number of carbonyl (C=O) groups excluding carboxylic acids is 1. The second kappa shape index (κ2) is 8.54. The number of nitrogens with two attached hydrogens (primary N) is 1. The van der Waals surface area contributed by atoms with E-state index in [2.05, 4.69) is 25.5 Å². The van der Waals surface area contributed by atoms with E-state index in [4.69, 9.17) is 14.9 Å². The van der Waals surface area contributed by atoms with Gasteiger partial charge in [-0.15, -0.1) is 0 Å². The third-order valence-electron chi connectivity index (χ3n) is 5.05. The molecule has 5 aromatic rings. The molecule has 0 bridgehead atoms. The van der Waals surface area contributed by atoms with Gasteiger partial charge in [0.25, 0.3) is 5.91 Å². The Morgan fingerprint density at radius 2 is 1.91 bits per heavy atom. The number of ether oxygens (including phenoxy) is 1. The molecule has 3 heterocycles. The SMILES string of the molecule is COc1c(NN(c2cnn(C)c2)c2ncc(C(N)=O)cn2)cccc1-c1nc2ccccc2o1. The van der Waals surface area contributed by atoms with E-state index in [1.54, 1.807) is 36.2 Å². The molecule has 170 valence electrons. The van der Waals surface area contributed by atoms with Crippen molar-refractivity contribution >= 4 is 34.3 Å². The molecule has 0 saturated heterocycles. The van der Waals surface area contributed by atoms with Crippen molar-refractivity contribution in [1.29, 1.82) is 0 Å². The zero-order valence-corrected chi connectivity index (χ0v) is 18.3. The molecular formula is C23H20N8O3. The monoisotopic (exact) mass is 456 g/mol. The lowest BCUT2D eigenvalue weighted by Crippen LogP contribution is -2.27. The second-order valence-electron chi connectivity index (χ2n) is 7.33. The highest BCUT2D eigenvalue weighted by Crippen LogP contribution is 2.38. The summed E-state index contributed by atoms with van der Waals surface area (Å²) in [7, 11) is 3.37. The molecule has 0 radical (unpaired) electrons. The number of carbonyl (C=O) groups is 1. The lowest BCUT2D eigenvalue weighted by Gasteiger charge is -2.24. The summed E-state index contributed by atoms with van der Waals surface area (Å²) in [6, 6.07) is 13.1. The minimum atomic E-state index is -0.611. The van der Waals surface area contributed by atoms with Crippen LogP contribution in [0, 0.1) is 0 Å². The topological polar surface area (TPSA) is 137 Å². The van der Waals surface area contributed by atoms with E-state index in [1.165, 1.54) is 12.4 Å². The van der Waals surface area contributed by atoms with Crippen LogP contribution in [-0.4, -0.2) is 37.7 Å². The number of amides is 1. The van der Waals surface area contributed by atoms with Gasteiger partial charge in [0.2, 0.25) is 11.8 Å². The van der Waals surface area contributed by atoms with Gasteiger partial charge in [0, 0.05) is 19.4 Å². The van der Waals surface area contributed by atoms with Gasteiger partial charge < -0.3 is 14.9 Å². The zero-order chi connectivity index (χ0) is 23.7. The van der Waals surface area contributed by atoms with Gasteiger partial charge in [0.15, 0.2) is 11.3 Å².